The number of fused-ring (bicyclic) bond motifs is 1. The Labute approximate surface area is 116 Å². The third kappa shape index (κ3) is 2.42. The summed E-state index contributed by atoms with van der Waals surface area (Å²) in [6.07, 6.45) is 2.55. The number of rotatable bonds is 2. The molecule has 0 spiro atoms. The normalized spacial score (nSPS) is 10.8. The molecule has 19 heavy (non-hydrogen) atoms. The van der Waals surface area contributed by atoms with E-state index in [1.54, 1.807) is 12.3 Å². The molecule has 2 aromatic heterocycles. The summed E-state index contributed by atoms with van der Waals surface area (Å²) in [6, 6.07) is 11.8. The van der Waals surface area contributed by atoms with Gasteiger partial charge in [-0.15, -0.1) is 0 Å². The van der Waals surface area contributed by atoms with Crippen LogP contribution in [0.5, 0.6) is 0 Å². The van der Waals surface area contributed by atoms with Gasteiger partial charge in [-0.1, -0.05) is 36.7 Å². The van der Waals surface area contributed by atoms with Gasteiger partial charge in [0.25, 0.3) is 0 Å². The first-order chi connectivity index (χ1) is 9.26. The highest BCUT2D eigenvalue weighted by Gasteiger charge is 2.05. The fourth-order valence-corrected chi connectivity index (χ4v) is 2.20. The van der Waals surface area contributed by atoms with E-state index in [0.29, 0.717) is 5.15 Å². The largest absolute Gasteiger partial charge is 0.256 e. The Balaban J connectivity index is 2.15. The molecule has 0 aliphatic heterocycles. The van der Waals surface area contributed by atoms with Crippen LogP contribution in [0.4, 0.5) is 0 Å². The first kappa shape index (κ1) is 12.1. The first-order valence-electron chi connectivity index (χ1n) is 6.15. The second-order valence-electron chi connectivity index (χ2n) is 4.26. The molecule has 3 aromatic rings. The second kappa shape index (κ2) is 4.94. The lowest BCUT2D eigenvalue weighted by Gasteiger charge is -2.05. The van der Waals surface area contributed by atoms with Crippen LogP contribution in [0.2, 0.25) is 5.15 Å². The van der Waals surface area contributed by atoms with Crippen LogP contribution in [0.15, 0.2) is 42.6 Å². The van der Waals surface area contributed by atoms with Gasteiger partial charge in [-0.05, 0) is 12.1 Å². The van der Waals surface area contributed by atoms with E-state index in [2.05, 4.69) is 15.0 Å². The fraction of sp³-hybridized carbons (Fsp3) is 0.133. The van der Waals surface area contributed by atoms with Crippen molar-refractivity contribution in [2.24, 2.45) is 0 Å². The minimum Gasteiger partial charge on any atom is -0.256 e. The van der Waals surface area contributed by atoms with Crippen LogP contribution in [-0.4, -0.2) is 15.0 Å². The molecule has 0 aliphatic rings. The standard InChI is InChI=1S/C15H12ClN3/c1-2-15-18-13(9-14(16)19-15)11-6-5-10-4-3-7-17-12(10)8-11/h3-9H,2H2,1H3. The number of benzene rings is 1. The highest BCUT2D eigenvalue weighted by Crippen LogP contribution is 2.23. The highest BCUT2D eigenvalue weighted by molar-refractivity contribution is 6.29. The fourth-order valence-electron chi connectivity index (χ4n) is 2.00. The maximum Gasteiger partial charge on any atom is 0.133 e. The average molecular weight is 270 g/mol. The minimum absolute atomic E-state index is 0.475. The van der Waals surface area contributed by atoms with E-state index in [4.69, 9.17) is 11.6 Å². The molecule has 4 heteroatoms. The lowest BCUT2D eigenvalue weighted by atomic mass is 10.1. The van der Waals surface area contributed by atoms with Gasteiger partial charge in [-0.3, -0.25) is 4.98 Å². The molecular formula is C15H12ClN3. The summed E-state index contributed by atoms with van der Waals surface area (Å²) >= 11 is 6.03. The van der Waals surface area contributed by atoms with E-state index in [0.717, 1.165) is 34.4 Å². The monoisotopic (exact) mass is 269 g/mol. The van der Waals surface area contributed by atoms with Gasteiger partial charge in [0.15, 0.2) is 0 Å². The Kier molecular flexibility index (Phi) is 3.13. The summed E-state index contributed by atoms with van der Waals surface area (Å²) in [5, 5.41) is 1.59. The molecule has 0 bridgehead atoms. The molecule has 0 saturated carbocycles. The molecule has 0 radical (unpaired) electrons. The molecule has 3 rings (SSSR count). The van der Waals surface area contributed by atoms with Crippen molar-refractivity contribution >= 4 is 22.5 Å². The quantitative estimate of drug-likeness (QED) is 0.662. The molecular weight excluding hydrogens is 258 g/mol. The van der Waals surface area contributed by atoms with E-state index in [1.165, 1.54) is 0 Å². The van der Waals surface area contributed by atoms with E-state index in [-0.39, 0.29) is 0 Å². The van der Waals surface area contributed by atoms with Crippen molar-refractivity contribution in [1.82, 2.24) is 15.0 Å². The van der Waals surface area contributed by atoms with E-state index in [1.807, 2.05) is 37.3 Å². The van der Waals surface area contributed by atoms with Crippen LogP contribution in [0.1, 0.15) is 12.7 Å². The zero-order valence-corrected chi connectivity index (χ0v) is 11.2. The van der Waals surface area contributed by atoms with Crippen molar-refractivity contribution in [1.29, 1.82) is 0 Å². The number of pyridine rings is 1. The first-order valence-corrected chi connectivity index (χ1v) is 6.52. The lowest BCUT2D eigenvalue weighted by Crippen LogP contribution is -1.95. The molecule has 0 amide bonds. The summed E-state index contributed by atoms with van der Waals surface area (Å²) in [6.45, 7) is 2.01. The summed E-state index contributed by atoms with van der Waals surface area (Å²) < 4.78 is 0. The van der Waals surface area contributed by atoms with Gasteiger partial charge in [-0.2, -0.15) is 0 Å². The molecule has 1 aromatic carbocycles. The summed E-state index contributed by atoms with van der Waals surface area (Å²) in [7, 11) is 0. The SMILES string of the molecule is CCc1nc(Cl)cc(-c2ccc3cccnc3c2)n1. The summed E-state index contributed by atoms with van der Waals surface area (Å²) in [5.74, 6) is 0.753. The maximum atomic E-state index is 6.03. The Morgan fingerprint density at radius 2 is 2.00 bits per heavy atom. The van der Waals surface area contributed by atoms with Crippen molar-refractivity contribution in [2.75, 3.05) is 0 Å². The van der Waals surface area contributed by atoms with Crippen LogP contribution >= 0.6 is 11.6 Å². The van der Waals surface area contributed by atoms with Gasteiger partial charge in [0.05, 0.1) is 11.2 Å². The smallest absolute Gasteiger partial charge is 0.133 e. The molecule has 94 valence electrons. The van der Waals surface area contributed by atoms with Crippen molar-refractivity contribution in [2.45, 2.75) is 13.3 Å². The van der Waals surface area contributed by atoms with Crippen LogP contribution in [0.25, 0.3) is 22.2 Å². The van der Waals surface area contributed by atoms with Crippen LogP contribution < -0.4 is 0 Å². The number of halogens is 1. The molecule has 0 atom stereocenters. The van der Waals surface area contributed by atoms with E-state index in [9.17, 15) is 0 Å². The zero-order chi connectivity index (χ0) is 13.2. The molecule has 0 saturated heterocycles. The Bertz CT molecular complexity index is 740. The molecule has 0 fully saturated rings. The van der Waals surface area contributed by atoms with Crippen molar-refractivity contribution in [3.8, 4) is 11.3 Å². The highest BCUT2D eigenvalue weighted by atomic mass is 35.5. The van der Waals surface area contributed by atoms with Crippen LogP contribution in [-0.2, 0) is 6.42 Å². The van der Waals surface area contributed by atoms with Crippen molar-refractivity contribution < 1.29 is 0 Å². The minimum atomic E-state index is 0.475. The molecule has 0 unspecified atom stereocenters. The maximum absolute atomic E-state index is 6.03. The third-order valence-corrected chi connectivity index (χ3v) is 3.15. The lowest BCUT2D eigenvalue weighted by molar-refractivity contribution is 0.943. The molecule has 0 N–H and O–H groups in total. The van der Waals surface area contributed by atoms with Gasteiger partial charge in [0.1, 0.15) is 11.0 Å². The number of hydrogen-bond donors (Lipinski definition) is 0. The average Bonchev–Trinajstić information content (AvgIpc) is 2.46. The predicted molar refractivity (Wildman–Crippen MR) is 77.2 cm³/mol. The molecule has 2 heterocycles. The van der Waals surface area contributed by atoms with Gasteiger partial charge in [-0.25, -0.2) is 9.97 Å². The van der Waals surface area contributed by atoms with Gasteiger partial charge >= 0.3 is 0 Å². The topological polar surface area (TPSA) is 38.7 Å². The zero-order valence-electron chi connectivity index (χ0n) is 10.5. The van der Waals surface area contributed by atoms with E-state index >= 15 is 0 Å². The Morgan fingerprint density at radius 1 is 1.11 bits per heavy atom. The van der Waals surface area contributed by atoms with Gasteiger partial charge in [0, 0.05) is 29.6 Å². The van der Waals surface area contributed by atoms with Crippen molar-refractivity contribution in [3.05, 3.63) is 53.6 Å². The number of hydrogen-bond acceptors (Lipinski definition) is 3. The number of aryl methyl sites for hydroxylation is 1. The number of aromatic nitrogens is 3. The summed E-state index contributed by atoms with van der Waals surface area (Å²) in [5.41, 5.74) is 2.79. The van der Waals surface area contributed by atoms with Crippen LogP contribution in [0, 0.1) is 0 Å². The molecule has 0 aliphatic carbocycles. The third-order valence-electron chi connectivity index (χ3n) is 2.96. The van der Waals surface area contributed by atoms with Crippen LogP contribution in [0.3, 0.4) is 0 Å². The predicted octanol–water partition coefficient (Wildman–Crippen LogP) is 3.91. The second-order valence-corrected chi connectivity index (χ2v) is 4.64. The van der Waals surface area contributed by atoms with E-state index < -0.39 is 0 Å². The number of nitrogens with zero attached hydrogens (tertiary/aromatic N) is 3. The molecule has 3 nitrogen and oxygen atoms in total. The summed E-state index contributed by atoms with van der Waals surface area (Å²) in [4.78, 5) is 13.0. The van der Waals surface area contributed by atoms with Gasteiger partial charge in [0.2, 0.25) is 0 Å². The van der Waals surface area contributed by atoms with Gasteiger partial charge < -0.3 is 0 Å². The van der Waals surface area contributed by atoms with Crippen molar-refractivity contribution in [3.63, 3.8) is 0 Å². The Morgan fingerprint density at radius 3 is 2.84 bits per heavy atom. The Hall–Kier alpha value is -2.00.